The third kappa shape index (κ3) is 4.29. The van der Waals surface area contributed by atoms with Gasteiger partial charge in [-0.2, -0.15) is 0 Å². The second-order valence-electron chi connectivity index (χ2n) is 4.14. The summed E-state index contributed by atoms with van der Waals surface area (Å²) in [6.07, 6.45) is 0.464. The van der Waals surface area contributed by atoms with Crippen LogP contribution in [0.3, 0.4) is 0 Å². The molecule has 1 aromatic rings. The zero-order valence-corrected chi connectivity index (χ0v) is 12.5. The highest BCUT2D eigenvalue weighted by Gasteiger charge is 2.22. The van der Waals surface area contributed by atoms with Crippen LogP contribution in [0.15, 0.2) is 17.0 Å². The second-order valence-corrected chi connectivity index (χ2v) is 6.66. The molecule has 19 heavy (non-hydrogen) atoms. The van der Waals surface area contributed by atoms with E-state index in [0.29, 0.717) is 6.42 Å². The lowest BCUT2D eigenvalue weighted by molar-refractivity contribution is 0.263. The van der Waals surface area contributed by atoms with E-state index in [0.717, 1.165) is 12.1 Å². The number of nitrogens with one attached hydrogen (secondary N) is 1. The largest absolute Gasteiger partial charge is 0.396 e. The van der Waals surface area contributed by atoms with Crippen LogP contribution in [0.1, 0.15) is 13.3 Å². The topological polar surface area (TPSA) is 66.4 Å². The van der Waals surface area contributed by atoms with E-state index in [1.54, 1.807) is 6.92 Å². The maximum Gasteiger partial charge on any atom is 0.242 e. The molecule has 0 aromatic heterocycles. The molecule has 0 amide bonds. The number of rotatable bonds is 6. The first kappa shape index (κ1) is 16.7. The maximum atomic E-state index is 13.5. The van der Waals surface area contributed by atoms with Crippen LogP contribution in [0.2, 0.25) is 10.0 Å². The van der Waals surface area contributed by atoms with Crippen molar-refractivity contribution in [3.8, 4) is 0 Å². The smallest absolute Gasteiger partial charge is 0.242 e. The number of halogens is 3. The van der Waals surface area contributed by atoms with Crippen molar-refractivity contribution in [2.24, 2.45) is 5.92 Å². The molecular weight excluding hydrogens is 316 g/mol. The third-order valence-electron chi connectivity index (χ3n) is 2.53. The Hall–Kier alpha value is -0.400. The summed E-state index contributed by atoms with van der Waals surface area (Å²) in [4.78, 5) is -0.354. The van der Waals surface area contributed by atoms with Gasteiger partial charge in [0.15, 0.2) is 5.82 Å². The number of hydrogen-bond acceptors (Lipinski definition) is 3. The van der Waals surface area contributed by atoms with Crippen LogP contribution in [0.5, 0.6) is 0 Å². The lowest BCUT2D eigenvalue weighted by Gasteiger charge is -2.13. The van der Waals surface area contributed by atoms with Gasteiger partial charge in [0, 0.05) is 13.2 Å². The molecule has 0 heterocycles. The minimum Gasteiger partial charge on any atom is -0.396 e. The molecule has 0 aliphatic carbocycles. The molecule has 0 radical (unpaired) electrons. The number of benzene rings is 1. The van der Waals surface area contributed by atoms with E-state index in [9.17, 15) is 12.8 Å². The van der Waals surface area contributed by atoms with E-state index in [1.165, 1.54) is 0 Å². The maximum absolute atomic E-state index is 13.5. The van der Waals surface area contributed by atoms with Crippen LogP contribution >= 0.6 is 23.2 Å². The molecule has 0 spiro atoms. The Balaban J connectivity index is 2.92. The summed E-state index contributed by atoms with van der Waals surface area (Å²) < 4.78 is 39.7. The Morgan fingerprint density at radius 2 is 2.05 bits per heavy atom. The Labute approximate surface area is 121 Å². The summed E-state index contributed by atoms with van der Waals surface area (Å²) >= 11 is 11.1. The lowest BCUT2D eigenvalue weighted by atomic mass is 10.1. The first-order valence-electron chi connectivity index (χ1n) is 5.53. The van der Waals surface area contributed by atoms with Crippen molar-refractivity contribution in [1.82, 2.24) is 4.72 Å². The van der Waals surface area contributed by atoms with Gasteiger partial charge in [0.2, 0.25) is 10.0 Å². The van der Waals surface area contributed by atoms with E-state index in [4.69, 9.17) is 28.3 Å². The van der Waals surface area contributed by atoms with Crippen molar-refractivity contribution >= 4 is 33.2 Å². The van der Waals surface area contributed by atoms with Crippen molar-refractivity contribution < 1.29 is 17.9 Å². The van der Waals surface area contributed by atoms with E-state index in [-0.39, 0.29) is 29.0 Å². The predicted octanol–water partition coefficient (Wildman–Crippen LogP) is 2.43. The van der Waals surface area contributed by atoms with Crippen molar-refractivity contribution in [1.29, 1.82) is 0 Å². The summed E-state index contributed by atoms with van der Waals surface area (Å²) in [5.41, 5.74) is 0. The highest BCUT2D eigenvalue weighted by molar-refractivity contribution is 7.89. The fraction of sp³-hybridized carbons (Fsp3) is 0.455. The minimum absolute atomic E-state index is 0.0285. The molecule has 0 bridgehead atoms. The van der Waals surface area contributed by atoms with Crippen molar-refractivity contribution in [2.45, 2.75) is 18.2 Å². The van der Waals surface area contributed by atoms with Crippen molar-refractivity contribution in [2.75, 3.05) is 13.2 Å². The molecule has 0 fully saturated rings. The Bertz CT molecular complexity index is 551. The SMILES string of the molecule is CC(CCO)CNS(=O)(=O)c1ccc(Cl)c(F)c1Cl. The van der Waals surface area contributed by atoms with Crippen molar-refractivity contribution in [3.05, 3.63) is 28.0 Å². The quantitative estimate of drug-likeness (QED) is 0.788. The molecule has 0 saturated heterocycles. The molecule has 0 aliphatic heterocycles. The molecular formula is C11H14Cl2FNO3S. The molecule has 0 saturated carbocycles. The molecule has 4 nitrogen and oxygen atoms in total. The zero-order valence-electron chi connectivity index (χ0n) is 10.2. The van der Waals surface area contributed by atoms with Crippen molar-refractivity contribution in [3.63, 3.8) is 0 Å². The predicted molar refractivity (Wildman–Crippen MR) is 72.5 cm³/mol. The Morgan fingerprint density at radius 3 is 2.63 bits per heavy atom. The van der Waals surface area contributed by atoms with Gasteiger partial charge in [-0.05, 0) is 24.5 Å². The monoisotopic (exact) mass is 329 g/mol. The molecule has 0 aliphatic rings. The van der Waals surface area contributed by atoms with Crippen LogP contribution in [0.25, 0.3) is 0 Å². The molecule has 108 valence electrons. The number of hydrogen-bond donors (Lipinski definition) is 2. The van der Waals surface area contributed by atoms with Crippen LogP contribution in [-0.2, 0) is 10.0 Å². The van der Waals surface area contributed by atoms with E-state index in [1.807, 2.05) is 0 Å². The summed E-state index contributed by atoms with van der Waals surface area (Å²) in [5.74, 6) is -1.01. The lowest BCUT2D eigenvalue weighted by Crippen LogP contribution is -2.29. The van der Waals surface area contributed by atoms with Gasteiger partial charge < -0.3 is 5.11 Å². The molecule has 1 unspecified atom stereocenters. The zero-order chi connectivity index (χ0) is 14.6. The van der Waals surface area contributed by atoms with Crippen LogP contribution in [0, 0.1) is 11.7 Å². The average molecular weight is 330 g/mol. The van der Waals surface area contributed by atoms with Gasteiger partial charge in [-0.1, -0.05) is 30.1 Å². The summed E-state index contributed by atoms with van der Waals surface area (Å²) in [5, 5.41) is 7.96. The standard InChI is InChI=1S/C11H14Cl2FNO3S/c1-7(4-5-16)6-15-19(17,18)9-3-2-8(12)11(14)10(9)13/h2-3,7,15-16H,4-6H2,1H3. The fourth-order valence-corrected chi connectivity index (χ4v) is 3.28. The highest BCUT2D eigenvalue weighted by Crippen LogP contribution is 2.29. The van der Waals surface area contributed by atoms with E-state index < -0.39 is 20.9 Å². The minimum atomic E-state index is -3.91. The van der Waals surface area contributed by atoms with Crippen LogP contribution in [0.4, 0.5) is 4.39 Å². The Kier molecular flexibility index (Phi) is 6.01. The number of aliphatic hydroxyl groups is 1. The molecule has 2 N–H and O–H groups in total. The van der Waals surface area contributed by atoms with Gasteiger partial charge >= 0.3 is 0 Å². The average Bonchev–Trinajstić information content (AvgIpc) is 2.34. The van der Waals surface area contributed by atoms with Gasteiger partial charge in [-0.3, -0.25) is 0 Å². The number of aliphatic hydroxyl groups excluding tert-OH is 1. The van der Waals surface area contributed by atoms with Gasteiger partial charge in [-0.15, -0.1) is 0 Å². The summed E-state index contributed by atoms with van der Waals surface area (Å²) in [6.45, 7) is 1.88. The number of sulfonamides is 1. The summed E-state index contributed by atoms with van der Waals surface area (Å²) in [7, 11) is -3.91. The summed E-state index contributed by atoms with van der Waals surface area (Å²) in [6, 6.07) is 2.28. The second kappa shape index (κ2) is 6.85. The van der Waals surface area contributed by atoms with E-state index in [2.05, 4.69) is 4.72 Å². The molecule has 1 atom stereocenters. The van der Waals surface area contributed by atoms with Gasteiger partial charge in [-0.25, -0.2) is 17.5 Å². The first-order chi connectivity index (χ1) is 8.79. The van der Waals surface area contributed by atoms with Gasteiger partial charge in [0.1, 0.15) is 4.90 Å². The van der Waals surface area contributed by atoms with Crippen LogP contribution < -0.4 is 4.72 Å². The third-order valence-corrected chi connectivity index (χ3v) is 4.77. The molecule has 8 heteroatoms. The molecule has 1 aromatic carbocycles. The van der Waals surface area contributed by atoms with Gasteiger partial charge in [0.25, 0.3) is 0 Å². The highest BCUT2D eigenvalue weighted by atomic mass is 35.5. The normalized spacial score (nSPS) is 13.5. The first-order valence-corrected chi connectivity index (χ1v) is 7.77. The Morgan fingerprint density at radius 1 is 1.42 bits per heavy atom. The van der Waals surface area contributed by atoms with E-state index >= 15 is 0 Å². The van der Waals surface area contributed by atoms with Gasteiger partial charge in [0.05, 0.1) is 10.0 Å². The molecule has 1 rings (SSSR count). The fourth-order valence-electron chi connectivity index (χ4n) is 1.37. The van der Waals surface area contributed by atoms with Crippen LogP contribution in [-0.4, -0.2) is 26.7 Å².